The van der Waals surface area contributed by atoms with Crippen LogP contribution in [0.1, 0.15) is 16.9 Å². The molecule has 0 radical (unpaired) electrons. The molecule has 0 spiro atoms. The Labute approximate surface area is 125 Å². The number of halogens is 1. The van der Waals surface area contributed by atoms with E-state index in [0.29, 0.717) is 15.8 Å². The molecule has 0 aliphatic heterocycles. The van der Waals surface area contributed by atoms with Crippen molar-refractivity contribution in [3.8, 4) is 0 Å². The van der Waals surface area contributed by atoms with Crippen molar-refractivity contribution in [1.29, 1.82) is 0 Å². The second-order valence-corrected chi connectivity index (χ2v) is 6.82. The largest absolute Gasteiger partial charge is 0.468 e. The van der Waals surface area contributed by atoms with Gasteiger partial charge in [-0.2, -0.15) is 0 Å². The van der Waals surface area contributed by atoms with Crippen molar-refractivity contribution in [2.75, 3.05) is 0 Å². The second kappa shape index (κ2) is 6.09. The number of aryl methyl sites for hydroxylation is 1. The lowest BCUT2D eigenvalue weighted by Crippen LogP contribution is -2.23. The highest BCUT2D eigenvalue weighted by Crippen LogP contribution is 2.27. The Morgan fingerprint density at radius 1 is 1.40 bits per heavy atom. The van der Waals surface area contributed by atoms with Crippen LogP contribution in [0.2, 0.25) is 0 Å². The highest BCUT2D eigenvalue weighted by Gasteiger charge is 2.20. The lowest BCUT2D eigenvalue weighted by Gasteiger charge is -2.11. The molecule has 2 N–H and O–H groups in total. The number of hydrogen-bond donors (Lipinski definition) is 2. The molecule has 0 aliphatic carbocycles. The number of furan rings is 1. The Morgan fingerprint density at radius 2 is 2.15 bits per heavy atom. The van der Waals surface area contributed by atoms with Crippen molar-refractivity contribution < 1.29 is 17.9 Å². The number of benzene rings is 1. The van der Waals surface area contributed by atoms with Gasteiger partial charge >= 0.3 is 0 Å². The molecule has 0 bridgehead atoms. The molecule has 2 rings (SSSR count). The van der Waals surface area contributed by atoms with Crippen LogP contribution in [0.15, 0.2) is 44.3 Å². The van der Waals surface area contributed by atoms with Gasteiger partial charge in [-0.25, -0.2) is 13.1 Å². The summed E-state index contributed by atoms with van der Waals surface area (Å²) in [6.45, 7) is 1.63. The molecule has 2 aromatic rings. The first-order chi connectivity index (χ1) is 9.44. The fraction of sp³-hybridized carbons (Fsp3) is 0.231. The summed E-state index contributed by atoms with van der Waals surface area (Å²) in [5.41, 5.74) is 1.29. The van der Waals surface area contributed by atoms with Crippen molar-refractivity contribution in [3.05, 3.63) is 51.9 Å². The van der Waals surface area contributed by atoms with Crippen LogP contribution in [-0.4, -0.2) is 13.5 Å². The van der Waals surface area contributed by atoms with Crippen molar-refractivity contribution in [3.63, 3.8) is 0 Å². The summed E-state index contributed by atoms with van der Waals surface area (Å²) in [6, 6.07) is 6.56. The summed E-state index contributed by atoms with van der Waals surface area (Å²) in [5.74, 6) is 0.528. The molecule has 7 heteroatoms. The van der Waals surface area contributed by atoms with Gasteiger partial charge in [-0.15, -0.1) is 0 Å². The van der Waals surface area contributed by atoms with Gasteiger partial charge in [-0.3, -0.25) is 0 Å². The molecule has 0 amide bonds. The van der Waals surface area contributed by atoms with Gasteiger partial charge in [0.15, 0.2) is 0 Å². The van der Waals surface area contributed by atoms with Crippen molar-refractivity contribution in [1.82, 2.24) is 4.72 Å². The zero-order valence-electron chi connectivity index (χ0n) is 10.8. The lowest BCUT2D eigenvalue weighted by atomic mass is 10.1. The number of sulfonamides is 1. The average Bonchev–Trinajstić information content (AvgIpc) is 2.92. The average molecular weight is 360 g/mol. The first kappa shape index (κ1) is 15.2. The van der Waals surface area contributed by atoms with Crippen LogP contribution in [-0.2, 0) is 23.2 Å². The molecule has 1 aromatic heterocycles. The number of aliphatic hydroxyl groups excluding tert-OH is 1. The van der Waals surface area contributed by atoms with Gasteiger partial charge < -0.3 is 9.52 Å². The summed E-state index contributed by atoms with van der Waals surface area (Å²) in [5, 5.41) is 9.18. The minimum atomic E-state index is -3.69. The Hall–Kier alpha value is -1.15. The van der Waals surface area contributed by atoms with Crippen LogP contribution in [0.3, 0.4) is 0 Å². The zero-order valence-corrected chi connectivity index (χ0v) is 13.2. The minimum Gasteiger partial charge on any atom is -0.468 e. The Morgan fingerprint density at radius 3 is 2.75 bits per heavy atom. The molecule has 1 heterocycles. The van der Waals surface area contributed by atoms with Gasteiger partial charge in [0.05, 0.1) is 24.3 Å². The summed E-state index contributed by atoms with van der Waals surface area (Å²) in [4.78, 5) is 0.105. The molecule has 108 valence electrons. The molecule has 0 saturated carbocycles. The molecule has 0 aliphatic rings. The standard InChI is InChI=1S/C13H14BrNO4S/c1-9-5-10(8-16)6-12(13(9)14)20(17,18)15-7-11-3-2-4-19-11/h2-6,15-16H,7-8H2,1H3. The highest BCUT2D eigenvalue weighted by atomic mass is 79.9. The first-order valence-corrected chi connectivity index (χ1v) is 8.13. The van der Waals surface area contributed by atoms with E-state index in [1.54, 1.807) is 25.1 Å². The smallest absolute Gasteiger partial charge is 0.242 e. The van der Waals surface area contributed by atoms with Crippen molar-refractivity contribution >= 4 is 26.0 Å². The van der Waals surface area contributed by atoms with E-state index < -0.39 is 10.0 Å². The second-order valence-electron chi connectivity index (χ2n) is 4.29. The molecular formula is C13H14BrNO4S. The third-order valence-corrected chi connectivity index (χ3v) is 5.51. The van der Waals surface area contributed by atoms with Gasteiger partial charge in [-0.1, -0.05) is 6.07 Å². The van der Waals surface area contributed by atoms with E-state index in [4.69, 9.17) is 4.42 Å². The maximum Gasteiger partial charge on any atom is 0.242 e. The number of nitrogens with one attached hydrogen (secondary N) is 1. The van der Waals surface area contributed by atoms with Gasteiger partial charge in [-0.05, 0) is 52.2 Å². The van der Waals surface area contributed by atoms with E-state index in [-0.39, 0.29) is 18.0 Å². The van der Waals surface area contributed by atoms with Crippen molar-refractivity contribution in [2.45, 2.75) is 25.0 Å². The molecular weight excluding hydrogens is 346 g/mol. The Kier molecular flexibility index (Phi) is 4.64. The van der Waals surface area contributed by atoms with E-state index in [2.05, 4.69) is 20.7 Å². The van der Waals surface area contributed by atoms with Crippen LogP contribution in [0.25, 0.3) is 0 Å². The number of aliphatic hydroxyl groups is 1. The minimum absolute atomic E-state index is 0.0736. The topological polar surface area (TPSA) is 79.5 Å². The van der Waals surface area contributed by atoms with Gasteiger partial charge in [0.1, 0.15) is 5.76 Å². The van der Waals surface area contributed by atoms with Crippen LogP contribution in [0, 0.1) is 6.92 Å². The summed E-state index contributed by atoms with van der Waals surface area (Å²) >= 11 is 3.27. The van der Waals surface area contributed by atoms with Crippen LogP contribution < -0.4 is 4.72 Å². The molecule has 20 heavy (non-hydrogen) atoms. The van der Waals surface area contributed by atoms with Gasteiger partial charge in [0.25, 0.3) is 0 Å². The SMILES string of the molecule is Cc1cc(CO)cc(S(=O)(=O)NCc2ccco2)c1Br. The van der Waals surface area contributed by atoms with Gasteiger partial charge in [0.2, 0.25) is 10.0 Å². The maximum absolute atomic E-state index is 12.3. The van der Waals surface area contributed by atoms with Crippen LogP contribution in [0.5, 0.6) is 0 Å². The number of hydrogen-bond acceptors (Lipinski definition) is 4. The van der Waals surface area contributed by atoms with E-state index in [1.165, 1.54) is 12.3 Å². The summed E-state index contributed by atoms with van der Waals surface area (Å²) in [6.07, 6.45) is 1.48. The monoisotopic (exact) mass is 359 g/mol. The molecule has 5 nitrogen and oxygen atoms in total. The number of rotatable bonds is 5. The maximum atomic E-state index is 12.3. The van der Waals surface area contributed by atoms with E-state index in [9.17, 15) is 13.5 Å². The predicted octanol–water partition coefficient (Wildman–Crippen LogP) is 2.32. The fourth-order valence-corrected chi connectivity index (χ4v) is 3.81. The van der Waals surface area contributed by atoms with Crippen molar-refractivity contribution in [2.24, 2.45) is 0 Å². The molecule has 0 fully saturated rings. The summed E-state index contributed by atoms with van der Waals surface area (Å²) in [7, 11) is -3.69. The molecule has 0 atom stereocenters. The molecule has 0 saturated heterocycles. The Bertz CT molecular complexity index is 695. The Balaban J connectivity index is 2.31. The molecule has 1 aromatic carbocycles. The first-order valence-electron chi connectivity index (χ1n) is 5.86. The predicted molar refractivity (Wildman–Crippen MR) is 77.5 cm³/mol. The zero-order chi connectivity index (χ0) is 14.8. The van der Waals surface area contributed by atoms with Crippen LogP contribution >= 0.6 is 15.9 Å². The van der Waals surface area contributed by atoms with E-state index in [1.807, 2.05) is 0 Å². The van der Waals surface area contributed by atoms with E-state index >= 15 is 0 Å². The van der Waals surface area contributed by atoms with Gasteiger partial charge in [0, 0.05) is 4.47 Å². The quantitative estimate of drug-likeness (QED) is 0.858. The highest BCUT2D eigenvalue weighted by molar-refractivity contribution is 9.10. The van der Waals surface area contributed by atoms with Crippen LogP contribution in [0.4, 0.5) is 0 Å². The molecule has 0 unspecified atom stereocenters. The third kappa shape index (κ3) is 3.29. The fourth-order valence-electron chi connectivity index (χ4n) is 1.75. The third-order valence-electron chi connectivity index (χ3n) is 2.77. The van der Waals surface area contributed by atoms with E-state index in [0.717, 1.165) is 5.56 Å². The summed E-state index contributed by atoms with van der Waals surface area (Å²) < 4.78 is 32.6. The normalized spacial score (nSPS) is 11.8. The lowest BCUT2D eigenvalue weighted by molar-refractivity contribution is 0.281.